The van der Waals surface area contributed by atoms with Crippen molar-refractivity contribution in [1.82, 2.24) is 9.80 Å². The van der Waals surface area contributed by atoms with Gasteiger partial charge in [-0.15, -0.1) is 0 Å². The number of piperazine rings is 1. The Morgan fingerprint density at radius 1 is 0.750 bits per heavy atom. The van der Waals surface area contributed by atoms with E-state index in [9.17, 15) is 19.2 Å². The van der Waals surface area contributed by atoms with Gasteiger partial charge in [0, 0.05) is 49.2 Å². The molecule has 12 nitrogen and oxygen atoms in total. The Morgan fingerprint density at radius 2 is 1.15 bits per heavy atom. The number of carbonyl (C=O) groups excluding carboxylic acids is 4. The van der Waals surface area contributed by atoms with E-state index in [1.54, 1.807) is 9.80 Å². The van der Waals surface area contributed by atoms with E-state index in [-0.39, 0.29) is 72.6 Å². The molecular weight excluding hydrogens is 620 g/mol. The number of carbonyl (C=O) groups is 4. The van der Waals surface area contributed by atoms with Gasteiger partial charge in [0.15, 0.2) is 0 Å². The quantitative estimate of drug-likeness (QED) is 0.140. The molecule has 48 heavy (non-hydrogen) atoms. The Labute approximate surface area is 281 Å². The fourth-order valence-electron chi connectivity index (χ4n) is 8.07. The molecule has 0 spiro atoms. The Bertz CT molecular complexity index is 1350. The second-order valence-corrected chi connectivity index (χ2v) is 14.7. The normalized spacial score (nSPS) is 40.0. The zero-order chi connectivity index (χ0) is 33.8. The van der Waals surface area contributed by atoms with Crippen LogP contribution < -0.4 is 0 Å². The molecule has 0 unspecified atom stereocenters. The molecule has 0 bridgehead atoms. The molecule has 260 valence electrons. The van der Waals surface area contributed by atoms with Crippen LogP contribution in [0.5, 0.6) is 0 Å². The number of fused-ring (bicyclic) bond motifs is 6. The molecule has 0 aromatic rings. The predicted molar refractivity (Wildman–Crippen MR) is 171 cm³/mol. The van der Waals surface area contributed by atoms with Gasteiger partial charge in [0.1, 0.15) is 37.6 Å². The minimum atomic E-state index is -0.420. The van der Waals surface area contributed by atoms with Crippen LogP contribution in [-0.4, -0.2) is 109 Å². The Balaban J connectivity index is 0.864. The summed E-state index contributed by atoms with van der Waals surface area (Å²) in [6.07, 6.45) is 8.39. The van der Waals surface area contributed by atoms with Crippen LogP contribution in [0.25, 0.3) is 0 Å². The largest absolute Gasteiger partial charge is 0.455 e. The number of hydrogen-bond acceptors (Lipinski definition) is 10. The van der Waals surface area contributed by atoms with Crippen molar-refractivity contribution in [3.05, 3.63) is 47.6 Å². The molecule has 8 atom stereocenters. The van der Waals surface area contributed by atoms with Crippen molar-refractivity contribution in [3.8, 4) is 0 Å². The fourth-order valence-corrected chi connectivity index (χ4v) is 8.07. The van der Waals surface area contributed by atoms with E-state index in [0.29, 0.717) is 63.0 Å². The van der Waals surface area contributed by atoms with Crippen molar-refractivity contribution in [2.75, 3.05) is 39.4 Å². The van der Waals surface area contributed by atoms with E-state index in [4.69, 9.17) is 28.4 Å². The van der Waals surface area contributed by atoms with E-state index in [0.717, 1.165) is 36.8 Å². The molecule has 0 aromatic carbocycles. The molecule has 0 saturated carbocycles. The first kappa shape index (κ1) is 32.9. The Kier molecular flexibility index (Phi) is 8.68. The molecular formula is C36H46N2O10. The lowest BCUT2D eigenvalue weighted by Gasteiger charge is -2.33. The highest BCUT2D eigenvalue weighted by Crippen LogP contribution is 2.51. The summed E-state index contributed by atoms with van der Waals surface area (Å²) in [5.74, 6) is -0.937. The number of esters is 2. The zero-order valence-corrected chi connectivity index (χ0v) is 27.9. The van der Waals surface area contributed by atoms with Gasteiger partial charge in [-0.3, -0.25) is 0 Å². The van der Waals surface area contributed by atoms with Gasteiger partial charge >= 0.3 is 24.1 Å². The molecule has 0 aromatic heterocycles. The molecule has 5 saturated heterocycles. The molecule has 5 aliphatic heterocycles. The maximum Gasteiger partial charge on any atom is 0.410 e. The molecule has 2 aliphatic carbocycles. The van der Waals surface area contributed by atoms with Crippen molar-refractivity contribution in [3.63, 3.8) is 0 Å². The van der Waals surface area contributed by atoms with Gasteiger partial charge < -0.3 is 38.2 Å². The third-order valence-corrected chi connectivity index (χ3v) is 11.4. The van der Waals surface area contributed by atoms with Crippen molar-refractivity contribution in [2.24, 2.45) is 11.8 Å². The van der Waals surface area contributed by atoms with Gasteiger partial charge in [-0.25, -0.2) is 19.2 Å². The summed E-state index contributed by atoms with van der Waals surface area (Å²) in [4.78, 5) is 53.7. The summed E-state index contributed by atoms with van der Waals surface area (Å²) in [6, 6.07) is 0. The van der Waals surface area contributed by atoms with Crippen LogP contribution in [-0.2, 0) is 38.0 Å². The van der Waals surface area contributed by atoms with Crippen LogP contribution in [0.4, 0.5) is 9.59 Å². The highest BCUT2D eigenvalue weighted by atomic mass is 16.7. The van der Waals surface area contributed by atoms with Gasteiger partial charge in [-0.2, -0.15) is 0 Å². The summed E-state index contributed by atoms with van der Waals surface area (Å²) in [5.41, 5.74) is 2.32. The average Bonchev–Trinajstić information content (AvgIpc) is 3.88. The number of nitrogens with zero attached hydrogens (tertiary/aromatic N) is 2. The highest BCUT2D eigenvalue weighted by molar-refractivity contribution is 5.91. The SMILES string of the molecule is C=C1C(=O)O[C@H]2[C@H]1CC/C(COC(=O)N1CCN(C(=O)OC/C3=C/CC[C@@]4(C)O[C@H]4[C@H]4OC(=O)C(=C)[C@@H]4CC3)CC1)=C\CC[C@@]1(C)O[C@@H]21. The molecule has 5 heterocycles. The van der Waals surface area contributed by atoms with Crippen molar-refractivity contribution >= 4 is 24.1 Å². The number of rotatable bonds is 4. The van der Waals surface area contributed by atoms with Crippen LogP contribution in [0, 0.1) is 11.8 Å². The minimum Gasteiger partial charge on any atom is -0.455 e. The first-order chi connectivity index (χ1) is 23.0. The third kappa shape index (κ3) is 6.41. The van der Waals surface area contributed by atoms with Crippen LogP contribution in [0.2, 0.25) is 0 Å². The molecule has 0 N–H and O–H groups in total. The monoisotopic (exact) mass is 666 g/mol. The lowest BCUT2D eigenvalue weighted by Crippen LogP contribution is -2.51. The zero-order valence-electron chi connectivity index (χ0n) is 27.9. The van der Waals surface area contributed by atoms with E-state index in [1.807, 2.05) is 13.8 Å². The van der Waals surface area contributed by atoms with Crippen molar-refractivity contribution < 1.29 is 47.6 Å². The summed E-state index contributed by atoms with van der Waals surface area (Å²) < 4.78 is 34.6. The van der Waals surface area contributed by atoms with E-state index >= 15 is 0 Å². The lowest BCUT2D eigenvalue weighted by atomic mass is 9.84. The summed E-state index contributed by atoms with van der Waals surface area (Å²) in [6.45, 7) is 13.7. The summed E-state index contributed by atoms with van der Waals surface area (Å²) in [5, 5.41) is 0. The number of allylic oxidation sites excluding steroid dienone is 2. The number of hydrogen-bond donors (Lipinski definition) is 0. The molecule has 7 aliphatic rings. The molecule has 12 heteroatoms. The fraction of sp³-hybridized carbons (Fsp3) is 0.667. The maximum atomic E-state index is 13.0. The van der Waals surface area contributed by atoms with E-state index in [2.05, 4.69) is 25.3 Å². The lowest BCUT2D eigenvalue weighted by molar-refractivity contribution is -0.140. The van der Waals surface area contributed by atoms with Gasteiger partial charge in [0.2, 0.25) is 0 Å². The van der Waals surface area contributed by atoms with Gasteiger partial charge in [0.25, 0.3) is 0 Å². The smallest absolute Gasteiger partial charge is 0.410 e. The average molecular weight is 667 g/mol. The second-order valence-electron chi connectivity index (χ2n) is 14.7. The van der Waals surface area contributed by atoms with Crippen molar-refractivity contribution in [2.45, 2.75) is 101 Å². The maximum absolute atomic E-state index is 13.0. The summed E-state index contributed by atoms with van der Waals surface area (Å²) >= 11 is 0. The van der Waals surface area contributed by atoms with Crippen LogP contribution >= 0.6 is 0 Å². The van der Waals surface area contributed by atoms with Crippen LogP contribution in [0.1, 0.15) is 65.2 Å². The number of epoxide rings is 2. The van der Waals surface area contributed by atoms with Crippen molar-refractivity contribution in [1.29, 1.82) is 0 Å². The van der Waals surface area contributed by atoms with Crippen LogP contribution in [0.15, 0.2) is 47.6 Å². The first-order valence-corrected chi connectivity index (χ1v) is 17.3. The number of amides is 2. The number of ether oxygens (including phenoxy) is 6. The van der Waals surface area contributed by atoms with Crippen LogP contribution in [0.3, 0.4) is 0 Å². The van der Waals surface area contributed by atoms with Gasteiger partial charge in [0.05, 0.1) is 11.2 Å². The Hall–Kier alpha value is -3.64. The summed E-state index contributed by atoms with van der Waals surface area (Å²) in [7, 11) is 0. The minimum absolute atomic E-state index is 0.101. The first-order valence-electron chi connectivity index (χ1n) is 17.3. The second kappa shape index (κ2) is 12.7. The topological polar surface area (TPSA) is 137 Å². The molecule has 2 amide bonds. The Morgan fingerprint density at radius 3 is 1.54 bits per heavy atom. The predicted octanol–water partition coefficient (Wildman–Crippen LogP) is 4.39. The molecule has 0 radical (unpaired) electrons. The standard InChI is InChI=1S/C36H46N2O10/c1-21-25-11-9-23(7-5-13-35(3)29(47-35)27(25)45-31(21)39)19-43-33(41)37-15-17-38(18-16-37)34(42)44-20-24-8-6-14-36(4)30(48-36)28-26(12-10-24)22(2)32(40)46-28/h7-8,25-30H,1-2,5-6,9-20H2,3-4H3/b23-7+,24-8+/t25-,26-,27-,28-,29-,30-,35+,36+/m0/s1. The third-order valence-electron chi connectivity index (χ3n) is 11.4. The van der Waals surface area contributed by atoms with Gasteiger partial charge in [-0.05, 0) is 76.4 Å². The highest BCUT2D eigenvalue weighted by Gasteiger charge is 2.62. The van der Waals surface area contributed by atoms with E-state index in [1.165, 1.54) is 0 Å². The molecule has 5 fully saturated rings. The van der Waals surface area contributed by atoms with Gasteiger partial charge in [-0.1, -0.05) is 25.3 Å². The molecule has 7 rings (SSSR count). The van der Waals surface area contributed by atoms with E-state index < -0.39 is 12.2 Å².